The number of rotatable bonds is 3. The van der Waals surface area contributed by atoms with Crippen molar-refractivity contribution in [3.8, 4) is 0 Å². The van der Waals surface area contributed by atoms with Crippen LogP contribution in [0, 0.1) is 0 Å². The van der Waals surface area contributed by atoms with Gasteiger partial charge in [-0.15, -0.1) is 0 Å². The molecule has 0 bridgehead atoms. The average Bonchev–Trinajstić information content (AvgIpc) is 2.37. The van der Waals surface area contributed by atoms with Crippen molar-refractivity contribution in [3.05, 3.63) is 58.0 Å². The summed E-state index contributed by atoms with van der Waals surface area (Å²) in [7, 11) is 0. The minimum absolute atomic E-state index is 0.0534. The maximum Gasteiger partial charge on any atom is 0.250 e. The molecule has 1 aromatic heterocycles. The van der Waals surface area contributed by atoms with E-state index in [9.17, 15) is 9.59 Å². The maximum absolute atomic E-state index is 11.8. The lowest BCUT2D eigenvalue weighted by molar-refractivity contribution is -0.116. The molecule has 0 atom stereocenters. The normalized spacial score (nSPS) is 10.2. The molecule has 0 aliphatic heterocycles. The summed E-state index contributed by atoms with van der Waals surface area (Å²) >= 11 is 5.78. The van der Waals surface area contributed by atoms with Gasteiger partial charge < -0.3 is 15.6 Å². The maximum atomic E-state index is 11.8. The molecule has 0 aliphatic carbocycles. The Morgan fingerprint density at radius 2 is 2.11 bits per heavy atom. The molecule has 98 valence electrons. The third kappa shape index (κ3) is 3.35. The van der Waals surface area contributed by atoms with Crippen molar-refractivity contribution in [2.45, 2.75) is 6.54 Å². The summed E-state index contributed by atoms with van der Waals surface area (Å²) in [5, 5.41) is 3.08. The van der Waals surface area contributed by atoms with Crippen LogP contribution in [0.25, 0.3) is 0 Å². The number of amides is 1. The van der Waals surface area contributed by atoms with Crippen molar-refractivity contribution in [1.29, 1.82) is 0 Å². The van der Waals surface area contributed by atoms with Crippen LogP contribution in [0.2, 0.25) is 5.02 Å². The number of aromatic nitrogens is 1. The number of benzene rings is 1. The fraction of sp³-hybridized carbons (Fsp3) is 0.0769. The highest BCUT2D eigenvalue weighted by atomic mass is 35.5. The molecule has 2 rings (SSSR count). The lowest BCUT2D eigenvalue weighted by Gasteiger charge is -2.08. The molecule has 2 aromatic rings. The number of nitrogen functional groups attached to an aromatic ring is 1. The standard InChI is InChI=1S/C13H12ClN3O2/c14-10-5-4-9(7-11(10)15)16-12(18)8-17-6-2-1-3-13(17)19/h1-7H,8,15H2,(H,16,18). The van der Waals surface area contributed by atoms with Gasteiger partial charge in [0.15, 0.2) is 0 Å². The van der Waals surface area contributed by atoms with Crippen LogP contribution >= 0.6 is 11.6 Å². The monoisotopic (exact) mass is 277 g/mol. The Hall–Kier alpha value is -2.27. The first-order chi connectivity index (χ1) is 9.06. The van der Waals surface area contributed by atoms with Crippen LogP contribution in [-0.4, -0.2) is 10.5 Å². The molecule has 0 spiro atoms. The molecule has 5 nitrogen and oxygen atoms in total. The number of pyridine rings is 1. The first kappa shape index (κ1) is 13.2. The Morgan fingerprint density at radius 1 is 1.32 bits per heavy atom. The number of carbonyl (C=O) groups is 1. The fourth-order valence-electron chi connectivity index (χ4n) is 1.57. The second kappa shape index (κ2) is 5.58. The van der Waals surface area contributed by atoms with E-state index < -0.39 is 0 Å². The van der Waals surface area contributed by atoms with E-state index in [0.29, 0.717) is 16.4 Å². The quantitative estimate of drug-likeness (QED) is 0.839. The SMILES string of the molecule is Nc1cc(NC(=O)Cn2ccccc2=O)ccc1Cl. The minimum atomic E-state index is -0.310. The molecule has 0 saturated heterocycles. The Balaban J connectivity index is 2.08. The van der Waals surface area contributed by atoms with Crippen LogP contribution < -0.4 is 16.6 Å². The second-order valence-electron chi connectivity index (χ2n) is 3.95. The summed E-state index contributed by atoms with van der Waals surface area (Å²) in [6.45, 7) is -0.0534. The van der Waals surface area contributed by atoms with Gasteiger partial charge in [-0.25, -0.2) is 0 Å². The van der Waals surface area contributed by atoms with E-state index in [2.05, 4.69) is 5.32 Å². The van der Waals surface area contributed by atoms with E-state index >= 15 is 0 Å². The highest BCUT2D eigenvalue weighted by molar-refractivity contribution is 6.33. The molecule has 6 heteroatoms. The molecular formula is C13H12ClN3O2. The van der Waals surface area contributed by atoms with Crippen molar-refractivity contribution < 1.29 is 4.79 Å². The van der Waals surface area contributed by atoms with Gasteiger partial charge in [0.2, 0.25) is 5.91 Å². The summed E-state index contributed by atoms with van der Waals surface area (Å²) in [5.41, 5.74) is 6.33. The molecular weight excluding hydrogens is 266 g/mol. The number of hydrogen-bond donors (Lipinski definition) is 2. The van der Waals surface area contributed by atoms with Gasteiger partial charge in [-0.1, -0.05) is 17.7 Å². The minimum Gasteiger partial charge on any atom is -0.397 e. The Labute approximate surface area is 114 Å². The zero-order valence-electron chi connectivity index (χ0n) is 9.97. The van der Waals surface area contributed by atoms with E-state index in [-0.39, 0.29) is 18.0 Å². The number of carbonyl (C=O) groups excluding carboxylic acids is 1. The highest BCUT2D eigenvalue weighted by Gasteiger charge is 2.05. The Morgan fingerprint density at radius 3 is 2.79 bits per heavy atom. The summed E-state index contributed by atoms with van der Waals surface area (Å²) in [5.74, 6) is -0.310. The third-order valence-corrected chi connectivity index (χ3v) is 2.84. The number of nitrogens with zero attached hydrogens (tertiary/aromatic N) is 1. The van der Waals surface area contributed by atoms with Crippen LogP contribution in [0.4, 0.5) is 11.4 Å². The van der Waals surface area contributed by atoms with Gasteiger partial charge in [-0.05, 0) is 24.3 Å². The molecule has 1 amide bonds. The number of hydrogen-bond acceptors (Lipinski definition) is 3. The summed E-state index contributed by atoms with van der Waals surface area (Å²) < 4.78 is 1.31. The topological polar surface area (TPSA) is 77.1 Å². The first-order valence-corrected chi connectivity index (χ1v) is 5.94. The molecule has 19 heavy (non-hydrogen) atoms. The largest absolute Gasteiger partial charge is 0.397 e. The fourth-order valence-corrected chi connectivity index (χ4v) is 1.69. The van der Waals surface area contributed by atoms with Gasteiger partial charge in [0.05, 0.1) is 10.7 Å². The number of nitrogens with one attached hydrogen (secondary N) is 1. The zero-order chi connectivity index (χ0) is 13.8. The lowest BCUT2D eigenvalue weighted by Crippen LogP contribution is -2.26. The summed E-state index contributed by atoms with van der Waals surface area (Å²) in [6.07, 6.45) is 1.55. The number of nitrogens with two attached hydrogens (primary N) is 1. The molecule has 0 unspecified atom stereocenters. The summed E-state index contributed by atoms with van der Waals surface area (Å²) in [4.78, 5) is 23.2. The molecule has 3 N–H and O–H groups in total. The molecule has 1 heterocycles. The summed E-state index contributed by atoms with van der Waals surface area (Å²) in [6, 6.07) is 9.51. The molecule has 0 fully saturated rings. The smallest absolute Gasteiger partial charge is 0.250 e. The molecule has 0 aliphatic rings. The molecule has 1 aromatic carbocycles. The van der Waals surface area contributed by atoms with Gasteiger partial charge in [-0.3, -0.25) is 9.59 Å². The van der Waals surface area contributed by atoms with Crippen LogP contribution in [0.5, 0.6) is 0 Å². The van der Waals surface area contributed by atoms with E-state index in [1.165, 1.54) is 10.6 Å². The lowest BCUT2D eigenvalue weighted by atomic mass is 10.3. The predicted molar refractivity (Wildman–Crippen MR) is 75.2 cm³/mol. The van der Waals surface area contributed by atoms with Crippen LogP contribution in [0.15, 0.2) is 47.4 Å². The van der Waals surface area contributed by atoms with Gasteiger partial charge in [0.1, 0.15) is 6.54 Å². The number of anilines is 2. The highest BCUT2D eigenvalue weighted by Crippen LogP contribution is 2.22. The van der Waals surface area contributed by atoms with Crippen molar-refractivity contribution in [3.63, 3.8) is 0 Å². The average molecular weight is 278 g/mol. The van der Waals surface area contributed by atoms with Crippen molar-refractivity contribution in [1.82, 2.24) is 4.57 Å². The van der Waals surface area contributed by atoms with E-state index in [0.717, 1.165) is 0 Å². The van der Waals surface area contributed by atoms with Gasteiger partial charge in [0.25, 0.3) is 5.56 Å². The Bertz CT molecular complexity index is 667. The van der Waals surface area contributed by atoms with Gasteiger partial charge in [0, 0.05) is 18.0 Å². The number of halogens is 1. The van der Waals surface area contributed by atoms with Gasteiger partial charge >= 0.3 is 0 Å². The van der Waals surface area contributed by atoms with Crippen LogP contribution in [0.3, 0.4) is 0 Å². The first-order valence-electron chi connectivity index (χ1n) is 5.56. The van der Waals surface area contributed by atoms with Gasteiger partial charge in [-0.2, -0.15) is 0 Å². The van der Waals surface area contributed by atoms with E-state index in [4.69, 9.17) is 17.3 Å². The van der Waals surface area contributed by atoms with Crippen LogP contribution in [-0.2, 0) is 11.3 Å². The Kier molecular flexibility index (Phi) is 3.87. The van der Waals surface area contributed by atoms with E-state index in [1.807, 2.05) is 0 Å². The van der Waals surface area contributed by atoms with Crippen molar-refractivity contribution in [2.24, 2.45) is 0 Å². The third-order valence-electron chi connectivity index (χ3n) is 2.49. The molecule has 0 saturated carbocycles. The predicted octanol–water partition coefficient (Wildman–Crippen LogP) is 1.72. The van der Waals surface area contributed by atoms with E-state index in [1.54, 1.807) is 36.5 Å². The van der Waals surface area contributed by atoms with Crippen LogP contribution in [0.1, 0.15) is 0 Å². The van der Waals surface area contributed by atoms with Crippen molar-refractivity contribution >= 4 is 28.9 Å². The molecule has 0 radical (unpaired) electrons. The van der Waals surface area contributed by atoms with Crippen molar-refractivity contribution in [2.75, 3.05) is 11.1 Å². The zero-order valence-corrected chi connectivity index (χ0v) is 10.7. The second-order valence-corrected chi connectivity index (χ2v) is 4.36.